The molecule has 30 heavy (non-hydrogen) atoms. The number of aliphatic imine (C=N–C) groups is 1. The van der Waals surface area contributed by atoms with E-state index in [4.69, 9.17) is 9.47 Å². The average Bonchev–Trinajstić information content (AvgIpc) is 2.80. The summed E-state index contributed by atoms with van der Waals surface area (Å²) in [6.07, 6.45) is 0. The van der Waals surface area contributed by atoms with Gasteiger partial charge in [0.25, 0.3) is 0 Å². The number of methoxy groups -OCH3 is 2. The molecule has 1 fully saturated rings. The predicted octanol–water partition coefficient (Wildman–Crippen LogP) is 3.74. The van der Waals surface area contributed by atoms with E-state index in [2.05, 4.69) is 44.8 Å². The van der Waals surface area contributed by atoms with Gasteiger partial charge in [0, 0.05) is 62.0 Å². The Kier molecular flexibility index (Phi) is 10.4. The van der Waals surface area contributed by atoms with Crippen molar-refractivity contribution >= 4 is 47.4 Å². The number of halogens is 1. The first-order valence-corrected chi connectivity index (χ1v) is 11.0. The van der Waals surface area contributed by atoms with Crippen molar-refractivity contribution in [2.75, 3.05) is 50.8 Å². The summed E-state index contributed by atoms with van der Waals surface area (Å²) in [5.41, 5.74) is 3.58. The van der Waals surface area contributed by atoms with Gasteiger partial charge in [0.15, 0.2) is 5.96 Å². The van der Waals surface area contributed by atoms with Crippen molar-refractivity contribution in [1.82, 2.24) is 10.6 Å². The largest absolute Gasteiger partial charge is 0.497 e. The van der Waals surface area contributed by atoms with Crippen LogP contribution in [0.2, 0.25) is 0 Å². The van der Waals surface area contributed by atoms with E-state index in [0.717, 1.165) is 42.7 Å². The molecule has 6 nitrogen and oxygen atoms in total. The van der Waals surface area contributed by atoms with E-state index in [-0.39, 0.29) is 24.0 Å². The van der Waals surface area contributed by atoms with Gasteiger partial charge in [-0.05, 0) is 29.8 Å². The van der Waals surface area contributed by atoms with Crippen LogP contribution in [0.25, 0.3) is 0 Å². The Balaban J connectivity index is 0.00000320. The minimum atomic E-state index is 0. The lowest BCUT2D eigenvalue weighted by Gasteiger charge is -2.28. The Morgan fingerprint density at radius 2 is 1.70 bits per heavy atom. The average molecular weight is 542 g/mol. The highest BCUT2D eigenvalue weighted by atomic mass is 127. The molecule has 0 atom stereocenters. The molecule has 2 N–H and O–H groups in total. The fourth-order valence-corrected chi connectivity index (χ4v) is 4.13. The van der Waals surface area contributed by atoms with Crippen LogP contribution in [0.4, 0.5) is 5.69 Å². The molecule has 8 heteroatoms. The van der Waals surface area contributed by atoms with Crippen molar-refractivity contribution in [2.45, 2.75) is 13.1 Å². The summed E-state index contributed by atoms with van der Waals surface area (Å²) in [4.78, 5) is 6.77. The van der Waals surface area contributed by atoms with Gasteiger partial charge in [0.1, 0.15) is 11.5 Å². The molecule has 0 amide bonds. The summed E-state index contributed by atoms with van der Waals surface area (Å²) in [5, 5.41) is 6.71. The number of thioether (sulfide) groups is 1. The van der Waals surface area contributed by atoms with Crippen LogP contribution in [-0.2, 0) is 13.1 Å². The van der Waals surface area contributed by atoms with Crippen LogP contribution in [0.3, 0.4) is 0 Å². The summed E-state index contributed by atoms with van der Waals surface area (Å²) in [6, 6.07) is 14.6. The maximum atomic E-state index is 5.46. The summed E-state index contributed by atoms with van der Waals surface area (Å²) < 4.78 is 10.7. The molecular weight excluding hydrogens is 511 g/mol. The number of benzene rings is 2. The van der Waals surface area contributed by atoms with Crippen LogP contribution in [0.5, 0.6) is 11.5 Å². The Hall–Kier alpha value is -1.81. The smallest absolute Gasteiger partial charge is 0.191 e. The Labute approximate surface area is 200 Å². The molecule has 1 aliphatic heterocycles. The van der Waals surface area contributed by atoms with Gasteiger partial charge in [-0.25, -0.2) is 0 Å². The van der Waals surface area contributed by atoms with Gasteiger partial charge < -0.3 is 25.0 Å². The van der Waals surface area contributed by atoms with Crippen LogP contribution < -0.4 is 25.0 Å². The lowest BCUT2D eigenvalue weighted by atomic mass is 10.2. The first-order valence-electron chi connectivity index (χ1n) is 9.80. The summed E-state index contributed by atoms with van der Waals surface area (Å²) >= 11 is 2.03. The molecule has 0 spiro atoms. The maximum Gasteiger partial charge on any atom is 0.191 e. The third kappa shape index (κ3) is 6.87. The van der Waals surface area contributed by atoms with E-state index in [1.165, 1.54) is 22.8 Å². The molecule has 0 saturated carbocycles. The summed E-state index contributed by atoms with van der Waals surface area (Å²) in [6.45, 7) is 3.59. The molecule has 0 unspecified atom stereocenters. The Morgan fingerprint density at radius 3 is 2.33 bits per heavy atom. The molecule has 164 valence electrons. The number of nitrogens with one attached hydrogen (secondary N) is 2. The number of guanidine groups is 1. The zero-order chi connectivity index (χ0) is 20.5. The van der Waals surface area contributed by atoms with Gasteiger partial charge in [-0.1, -0.05) is 12.1 Å². The topological polar surface area (TPSA) is 58.1 Å². The third-order valence-electron chi connectivity index (χ3n) is 4.94. The van der Waals surface area contributed by atoms with Crippen molar-refractivity contribution in [1.29, 1.82) is 0 Å². The third-order valence-corrected chi connectivity index (χ3v) is 5.88. The van der Waals surface area contributed by atoms with Crippen LogP contribution in [0, 0.1) is 0 Å². The van der Waals surface area contributed by atoms with Crippen LogP contribution >= 0.6 is 35.7 Å². The van der Waals surface area contributed by atoms with Gasteiger partial charge >= 0.3 is 0 Å². The van der Waals surface area contributed by atoms with Crippen LogP contribution in [0.15, 0.2) is 47.5 Å². The Morgan fingerprint density at radius 1 is 1.00 bits per heavy atom. The van der Waals surface area contributed by atoms with Crippen LogP contribution in [-0.4, -0.2) is 51.8 Å². The van der Waals surface area contributed by atoms with Gasteiger partial charge in [-0.2, -0.15) is 11.8 Å². The van der Waals surface area contributed by atoms with Gasteiger partial charge in [-0.15, -0.1) is 24.0 Å². The van der Waals surface area contributed by atoms with Crippen molar-refractivity contribution < 1.29 is 9.47 Å². The predicted molar refractivity (Wildman–Crippen MR) is 138 cm³/mol. The molecule has 0 radical (unpaired) electrons. The second-order valence-corrected chi connectivity index (χ2v) is 7.95. The zero-order valence-electron chi connectivity index (χ0n) is 17.8. The number of rotatable bonds is 7. The molecule has 1 heterocycles. The zero-order valence-corrected chi connectivity index (χ0v) is 21.0. The fourth-order valence-electron chi connectivity index (χ4n) is 3.23. The molecule has 2 aromatic rings. The molecular formula is C22H31IN4O2S. The van der Waals surface area contributed by atoms with E-state index in [0.29, 0.717) is 6.54 Å². The molecule has 1 aliphatic rings. The normalized spacial score (nSPS) is 14.0. The number of ether oxygens (including phenoxy) is 2. The van der Waals surface area contributed by atoms with Crippen molar-refractivity contribution in [3.8, 4) is 11.5 Å². The molecule has 0 aromatic heterocycles. The number of nitrogens with zero attached hydrogens (tertiary/aromatic N) is 2. The molecule has 2 aromatic carbocycles. The minimum absolute atomic E-state index is 0. The monoisotopic (exact) mass is 542 g/mol. The van der Waals surface area contributed by atoms with Gasteiger partial charge in [-0.3, -0.25) is 4.99 Å². The number of hydrogen-bond donors (Lipinski definition) is 2. The quantitative estimate of drug-likeness (QED) is 0.316. The van der Waals surface area contributed by atoms with Gasteiger partial charge in [0.05, 0.1) is 14.2 Å². The first kappa shape index (κ1) is 24.5. The Bertz CT molecular complexity index is 811. The van der Waals surface area contributed by atoms with Crippen molar-refractivity contribution in [2.24, 2.45) is 4.99 Å². The minimum Gasteiger partial charge on any atom is -0.497 e. The van der Waals surface area contributed by atoms with Crippen LogP contribution in [0.1, 0.15) is 11.1 Å². The molecule has 0 bridgehead atoms. The van der Waals surface area contributed by atoms with E-state index < -0.39 is 0 Å². The number of anilines is 1. The lowest BCUT2D eigenvalue weighted by Crippen LogP contribution is -2.36. The van der Waals surface area contributed by atoms with Crippen molar-refractivity contribution in [3.63, 3.8) is 0 Å². The first-order chi connectivity index (χ1) is 14.2. The summed E-state index contributed by atoms with van der Waals surface area (Å²) in [5.74, 6) is 4.74. The maximum absolute atomic E-state index is 5.46. The van der Waals surface area contributed by atoms with E-state index >= 15 is 0 Å². The van der Waals surface area contributed by atoms with E-state index in [1.807, 2.05) is 30.0 Å². The molecule has 1 saturated heterocycles. The SMILES string of the molecule is CN=C(NCc1ccc(N2CCSCC2)cc1)NCc1ccc(OC)cc1OC.I. The second-order valence-electron chi connectivity index (χ2n) is 6.72. The van der Waals surface area contributed by atoms with E-state index in [1.54, 1.807) is 21.3 Å². The standard InChI is InChI=1S/C22H30N4O2S.HI/c1-23-22(25-16-18-6-9-20(27-2)14-21(18)28-3)24-15-17-4-7-19(8-5-17)26-10-12-29-13-11-26;/h4-9,14H,10-13,15-16H2,1-3H3,(H2,23,24,25);1H. The molecule has 0 aliphatic carbocycles. The summed E-state index contributed by atoms with van der Waals surface area (Å²) in [7, 11) is 5.09. The second kappa shape index (κ2) is 12.8. The highest BCUT2D eigenvalue weighted by molar-refractivity contribution is 14.0. The van der Waals surface area contributed by atoms with Crippen molar-refractivity contribution in [3.05, 3.63) is 53.6 Å². The highest BCUT2D eigenvalue weighted by Gasteiger charge is 2.11. The van der Waals surface area contributed by atoms with E-state index in [9.17, 15) is 0 Å². The van der Waals surface area contributed by atoms with Gasteiger partial charge in [0.2, 0.25) is 0 Å². The molecule has 3 rings (SSSR count). The fraction of sp³-hybridized carbons (Fsp3) is 0.409. The highest BCUT2D eigenvalue weighted by Crippen LogP contribution is 2.24. The lowest BCUT2D eigenvalue weighted by molar-refractivity contribution is 0.390. The number of hydrogen-bond acceptors (Lipinski definition) is 5.